The van der Waals surface area contributed by atoms with Crippen LogP contribution < -0.4 is 0 Å². The van der Waals surface area contributed by atoms with E-state index in [0.29, 0.717) is 0 Å². The third kappa shape index (κ3) is 10.3. The predicted molar refractivity (Wildman–Crippen MR) is 71.7 cm³/mol. The van der Waals surface area contributed by atoms with E-state index in [1.807, 2.05) is 0 Å². The summed E-state index contributed by atoms with van der Waals surface area (Å²) in [5.74, 6) is 0.734. The Bertz CT molecular complexity index is 149. The summed E-state index contributed by atoms with van der Waals surface area (Å²) in [5, 5.41) is 0. The SMILES string of the molecule is CCCCCCC=C(CCl)CCCCC. The highest BCUT2D eigenvalue weighted by Gasteiger charge is 1.95. The second kappa shape index (κ2) is 12.1. The van der Waals surface area contributed by atoms with Crippen molar-refractivity contribution in [1.29, 1.82) is 0 Å². The molecule has 0 spiro atoms. The van der Waals surface area contributed by atoms with Crippen LogP contribution in [0.15, 0.2) is 11.6 Å². The molecule has 0 aliphatic rings. The van der Waals surface area contributed by atoms with E-state index in [1.54, 1.807) is 0 Å². The maximum atomic E-state index is 5.92. The lowest BCUT2D eigenvalue weighted by Gasteiger charge is -2.03. The number of alkyl halides is 1. The standard InChI is InChI=1S/C14H27Cl/c1-3-5-7-8-10-12-14(13-15)11-9-6-4-2/h12H,3-11,13H2,1-2H3. The normalized spacial score (nSPS) is 12.1. The Morgan fingerprint density at radius 2 is 1.60 bits per heavy atom. The summed E-state index contributed by atoms with van der Waals surface area (Å²) in [7, 11) is 0. The van der Waals surface area contributed by atoms with Crippen molar-refractivity contribution in [3.05, 3.63) is 11.6 Å². The Labute approximate surface area is 101 Å². The monoisotopic (exact) mass is 230 g/mol. The van der Waals surface area contributed by atoms with Crippen LogP contribution in [-0.4, -0.2) is 5.88 Å². The second-order valence-corrected chi connectivity index (χ2v) is 4.57. The van der Waals surface area contributed by atoms with Crippen LogP contribution in [-0.2, 0) is 0 Å². The average Bonchev–Trinajstić information content (AvgIpc) is 2.26. The minimum atomic E-state index is 0.734. The van der Waals surface area contributed by atoms with Crippen molar-refractivity contribution in [2.75, 3.05) is 5.88 Å². The van der Waals surface area contributed by atoms with Crippen LogP contribution in [0.5, 0.6) is 0 Å². The van der Waals surface area contributed by atoms with Crippen molar-refractivity contribution in [3.63, 3.8) is 0 Å². The average molecular weight is 231 g/mol. The van der Waals surface area contributed by atoms with Gasteiger partial charge in [0.05, 0.1) is 0 Å². The minimum absolute atomic E-state index is 0.734. The van der Waals surface area contributed by atoms with Gasteiger partial charge in [0.25, 0.3) is 0 Å². The topological polar surface area (TPSA) is 0 Å². The van der Waals surface area contributed by atoms with Gasteiger partial charge in [-0.1, -0.05) is 57.6 Å². The number of rotatable bonds is 10. The van der Waals surface area contributed by atoms with Gasteiger partial charge in [0, 0.05) is 5.88 Å². The molecule has 0 aromatic heterocycles. The first kappa shape index (κ1) is 15.0. The number of halogens is 1. The van der Waals surface area contributed by atoms with Crippen LogP contribution in [0.4, 0.5) is 0 Å². The maximum Gasteiger partial charge on any atom is 0.0433 e. The van der Waals surface area contributed by atoms with E-state index in [1.165, 1.54) is 63.4 Å². The van der Waals surface area contributed by atoms with Crippen molar-refractivity contribution in [2.24, 2.45) is 0 Å². The number of allylic oxidation sites excluding steroid dienone is 2. The van der Waals surface area contributed by atoms with Crippen LogP contribution in [0.3, 0.4) is 0 Å². The molecule has 0 aliphatic carbocycles. The van der Waals surface area contributed by atoms with E-state index in [0.717, 1.165) is 5.88 Å². The summed E-state index contributed by atoms with van der Waals surface area (Å²) in [4.78, 5) is 0. The molecule has 0 rings (SSSR count). The van der Waals surface area contributed by atoms with E-state index in [4.69, 9.17) is 11.6 Å². The molecule has 0 atom stereocenters. The largest absolute Gasteiger partial charge is 0.122 e. The molecule has 0 bridgehead atoms. The molecule has 0 unspecified atom stereocenters. The first-order chi connectivity index (χ1) is 7.35. The third-order valence-electron chi connectivity index (χ3n) is 2.76. The van der Waals surface area contributed by atoms with Crippen LogP contribution >= 0.6 is 11.6 Å². The summed E-state index contributed by atoms with van der Waals surface area (Å²) in [6, 6.07) is 0. The summed E-state index contributed by atoms with van der Waals surface area (Å²) < 4.78 is 0. The number of unbranched alkanes of at least 4 members (excludes halogenated alkanes) is 6. The van der Waals surface area contributed by atoms with Crippen LogP contribution in [0.2, 0.25) is 0 Å². The van der Waals surface area contributed by atoms with E-state index < -0.39 is 0 Å². The van der Waals surface area contributed by atoms with E-state index in [2.05, 4.69) is 19.9 Å². The molecule has 0 N–H and O–H groups in total. The summed E-state index contributed by atoms with van der Waals surface area (Å²) in [5.41, 5.74) is 1.46. The zero-order chi connectivity index (χ0) is 11.4. The first-order valence-electron chi connectivity index (χ1n) is 6.59. The van der Waals surface area contributed by atoms with Gasteiger partial charge in [-0.2, -0.15) is 0 Å². The lowest BCUT2D eigenvalue weighted by molar-refractivity contribution is 0.669. The molecule has 90 valence electrons. The molecule has 0 nitrogen and oxygen atoms in total. The van der Waals surface area contributed by atoms with Crippen LogP contribution in [0.1, 0.15) is 71.6 Å². The Hall–Kier alpha value is 0.0300. The van der Waals surface area contributed by atoms with Gasteiger partial charge in [-0.15, -0.1) is 11.6 Å². The van der Waals surface area contributed by atoms with Gasteiger partial charge in [0.2, 0.25) is 0 Å². The highest BCUT2D eigenvalue weighted by molar-refractivity contribution is 6.19. The van der Waals surface area contributed by atoms with E-state index >= 15 is 0 Å². The molecule has 0 aromatic rings. The highest BCUT2D eigenvalue weighted by Crippen LogP contribution is 2.13. The fraction of sp³-hybridized carbons (Fsp3) is 0.857. The van der Waals surface area contributed by atoms with Gasteiger partial charge >= 0.3 is 0 Å². The molecular weight excluding hydrogens is 204 g/mol. The van der Waals surface area contributed by atoms with Gasteiger partial charge < -0.3 is 0 Å². The van der Waals surface area contributed by atoms with Gasteiger partial charge in [-0.3, -0.25) is 0 Å². The second-order valence-electron chi connectivity index (χ2n) is 4.30. The lowest BCUT2D eigenvalue weighted by Crippen LogP contribution is -1.87. The van der Waals surface area contributed by atoms with Gasteiger partial charge in [-0.25, -0.2) is 0 Å². The zero-order valence-electron chi connectivity index (χ0n) is 10.5. The van der Waals surface area contributed by atoms with Crippen molar-refractivity contribution in [2.45, 2.75) is 71.6 Å². The molecule has 0 aromatic carbocycles. The van der Waals surface area contributed by atoms with Crippen molar-refractivity contribution in [3.8, 4) is 0 Å². The Morgan fingerprint density at radius 3 is 2.20 bits per heavy atom. The van der Waals surface area contributed by atoms with Crippen molar-refractivity contribution < 1.29 is 0 Å². The van der Waals surface area contributed by atoms with Crippen LogP contribution in [0, 0.1) is 0 Å². The maximum absolute atomic E-state index is 5.92. The van der Waals surface area contributed by atoms with Gasteiger partial charge in [0.1, 0.15) is 0 Å². The smallest absolute Gasteiger partial charge is 0.0433 e. The highest BCUT2D eigenvalue weighted by atomic mass is 35.5. The Balaban J connectivity index is 3.50. The van der Waals surface area contributed by atoms with Gasteiger partial charge in [0.15, 0.2) is 0 Å². The fourth-order valence-corrected chi connectivity index (χ4v) is 1.95. The molecule has 0 amide bonds. The quantitative estimate of drug-likeness (QED) is 0.257. The summed E-state index contributed by atoms with van der Waals surface area (Å²) in [6.07, 6.45) is 14.2. The van der Waals surface area contributed by atoms with Crippen LogP contribution in [0.25, 0.3) is 0 Å². The fourth-order valence-electron chi connectivity index (χ4n) is 1.70. The molecule has 0 heterocycles. The molecule has 0 aliphatic heterocycles. The van der Waals surface area contributed by atoms with E-state index in [-0.39, 0.29) is 0 Å². The molecule has 0 fully saturated rings. The minimum Gasteiger partial charge on any atom is -0.122 e. The van der Waals surface area contributed by atoms with Crippen molar-refractivity contribution >= 4 is 11.6 Å². The first-order valence-corrected chi connectivity index (χ1v) is 7.12. The number of hydrogen-bond donors (Lipinski definition) is 0. The summed E-state index contributed by atoms with van der Waals surface area (Å²) >= 11 is 5.92. The molecule has 0 radical (unpaired) electrons. The van der Waals surface area contributed by atoms with Gasteiger partial charge in [-0.05, 0) is 25.7 Å². The van der Waals surface area contributed by atoms with Crippen molar-refractivity contribution in [1.82, 2.24) is 0 Å². The Morgan fingerprint density at radius 1 is 0.933 bits per heavy atom. The Kier molecular flexibility index (Phi) is 12.1. The summed E-state index contributed by atoms with van der Waals surface area (Å²) in [6.45, 7) is 4.50. The molecule has 1 heteroatoms. The molecule has 15 heavy (non-hydrogen) atoms. The zero-order valence-corrected chi connectivity index (χ0v) is 11.3. The molecule has 0 saturated heterocycles. The third-order valence-corrected chi connectivity index (χ3v) is 3.11. The molecular formula is C14H27Cl. The number of hydrogen-bond acceptors (Lipinski definition) is 0. The lowest BCUT2D eigenvalue weighted by atomic mass is 10.1. The predicted octanol–water partition coefficient (Wildman–Crippen LogP) is 5.70. The van der Waals surface area contributed by atoms with E-state index in [9.17, 15) is 0 Å². The molecule has 0 saturated carbocycles.